The van der Waals surface area contributed by atoms with Crippen LogP contribution in [0, 0.1) is 0 Å². The van der Waals surface area contributed by atoms with Gasteiger partial charge in [0.15, 0.2) is 0 Å². The fraction of sp³-hybridized carbons (Fsp3) is 0.0667. The minimum Gasteiger partial charge on any atom is -0.267 e. The molecule has 3 nitrogen and oxygen atoms in total. The molecule has 2 rings (SSSR count). The number of amides is 1. The summed E-state index contributed by atoms with van der Waals surface area (Å²) in [6.07, 6.45) is 0. The van der Waals surface area contributed by atoms with Crippen LogP contribution in [0.1, 0.15) is 22.8 Å². The highest BCUT2D eigenvalue weighted by Crippen LogP contribution is 2.15. The van der Waals surface area contributed by atoms with Crippen LogP contribution in [0.3, 0.4) is 0 Å². The lowest BCUT2D eigenvalue weighted by Crippen LogP contribution is -2.19. The lowest BCUT2D eigenvalue weighted by atomic mass is 10.1. The monoisotopic (exact) mass is 306 g/mol. The van der Waals surface area contributed by atoms with Crippen LogP contribution in [-0.2, 0) is 0 Å². The SMILES string of the molecule is C/C(=N\NC(=O)c1ccc(Cl)cc1)c1ccccc1Cl. The van der Waals surface area contributed by atoms with Crippen molar-refractivity contribution in [3.05, 3.63) is 69.7 Å². The molecule has 0 aromatic heterocycles. The molecule has 5 heteroatoms. The average molecular weight is 307 g/mol. The second-order valence-electron chi connectivity index (χ2n) is 4.12. The first-order chi connectivity index (χ1) is 9.58. The van der Waals surface area contributed by atoms with Crippen molar-refractivity contribution in [1.29, 1.82) is 0 Å². The van der Waals surface area contributed by atoms with Crippen LogP contribution in [-0.4, -0.2) is 11.6 Å². The van der Waals surface area contributed by atoms with Crippen molar-refractivity contribution in [3.8, 4) is 0 Å². The summed E-state index contributed by atoms with van der Waals surface area (Å²) in [5.74, 6) is -0.298. The molecule has 0 radical (unpaired) electrons. The second-order valence-corrected chi connectivity index (χ2v) is 4.97. The molecule has 0 spiro atoms. The van der Waals surface area contributed by atoms with Crippen molar-refractivity contribution in [2.45, 2.75) is 6.92 Å². The van der Waals surface area contributed by atoms with E-state index >= 15 is 0 Å². The van der Waals surface area contributed by atoms with Crippen molar-refractivity contribution < 1.29 is 4.79 Å². The van der Waals surface area contributed by atoms with Crippen molar-refractivity contribution in [1.82, 2.24) is 5.43 Å². The van der Waals surface area contributed by atoms with Crippen LogP contribution in [0.4, 0.5) is 0 Å². The Balaban J connectivity index is 2.11. The number of rotatable bonds is 3. The summed E-state index contributed by atoms with van der Waals surface area (Å²) in [5, 5.41) is 5.23. The van der Waals surface area contributed by atoms with Crippen molar-refractivity contribution in [3.63, 3.8) is 0 Å². The molecular formula is C15H12Cl2N2O. The number of nitrogens with zero attached hydrogens (tertiary/aromatic N) is 1. The van der Waals surface area contributed by atoms with Gasteiger partial charge in [-0.25, -0.2) is 5.43 Å². The fourth-order valence-corrected chi connectivity index (χ4v) is 2.01. The molecule has 0 atom stereocenters. The van der Waals surface area contributed by atoms with Gasteiger partial charge in [0.2, 0.25) is 0 Å². The van der Waals surface area contributed by atoms with Gasteiger partial charge in [0.25, 0.3) is 5.91 Å². The molecule has 2 aromatic rings. The molecule has 0 saturated heterocycles. The van der Waals surface area contributed by atoms with E-state index in [4.69, 9.17) is 23.2 Å². The molecule has 20 heavy (non-hydrogen) atoms. The van der Waals surface area contributed by atoms with Crippen LogP contribution >= 0.6 is 23.2 Å². The van der Waals surface area contributed by atoms with Crippen LogP contribution in [0.25, 0.3) is 0 Å². The highest BCUT2D eigenvalue weighted by atomic mass is 35.5. The van der Waals surface area contributed by atoms with Crippen molar-refractivity contribution in [2.75, 3.05) is 0 Å². The first-order valence-corrected chi connectivity index (χ1v) is 6.68. The zero-order valence-corrected chi connectivity index (χ0v) is 12.2. The maximum Gasteiger partial charge on any atom is 0.271 e. The Morgan fingerprint density at radius 2 is 1.70 bits per heavy atom. The molecular weight excluding hydrogens is 295 g/mol. The Kier molecular flexibility index (Phi) is 4.77. The molecule has 0 aliphatic rings. The highest BCUT2D eigenvalue weighted by Gasteiger charge is 2.06. The van der Waals surface area contributed by atoms with Gasteiger partial charge in [0, 0.05) is 21.2 Å². The Morgan fingerprint density at radius 1 is 1.05 bits per heavy atom. The van der Waals surface area contributed by atoms with E-state index in [1.54, 1.807) is 37.3 Å². The summed E-state index contributed by atoms with van der Waals surface area (Å²) in [5.41, 5.74) is 4.40. The van der Waals surface area contributed by atoms with Gasteiger partial charge in [0.1, 0.15) is 0 Å². The summed E-state index contributed by atoms with van der Waals surface area (Å²) >= 11 is 11.8. The van der Waals surface area contributed by atoms with Crippen molar-refractivity contribution >= 4 is 34.8 Å². The standard InChI is InChI=1S/C15H12Cl2N2O/c1-10(13-4-2-3-5-14(13)17)18-19-15(20)11-6-8-12(16)9-7-11/h2-9H,1H3,(H,19,20)/b18-10+. The van der Waals surface area contributed by atoms with Crippen LogP contribution in [0.2, 0.25) is 10.0 Å². The highest BCUT2D eigenvalue weighted by molar-refractivity contribution is 6.34. The van der Waals surface area contributed by atoms with E-state index in [-0.39, 0.29) is 5.91 Å². The molecule has 1 N–H and O–H groups in total. The summed E-state index contributed by atoms with van der Waals surface area (Å²) in [6.45, 7) is 1.78. The number of hydrazone groups is 1. The quantitative estimate of drug-likeness (QED) is 0.672. The van der Waals surface area contributed by atoms with E-state index in [0.29, 0.717) is 21.3 Å². The van der Waals surface area contributed by atoms with Gasteiger partial charge in [-0.2, -0.15) is 5.10 Å². The smallest absolute Gasteiger partial charge is 0.267 e. The first kappa shape index (κ1) is 14.6. The van der Waals surface area contributed by atoms with Crippen LogP contribution in [0.15, 0.2) is 53.6 Å². The van der Waals surface area contributed by atoms with Crippen molar-refractivity contribution in [2.24, 2.45) is 5.10 Å². The molecule has 1 amide bonds. The molecule has 2 aromatic carbocycles. The van der Waals surface area contributed by atoms with E-state index < -0.39 is 0 Å². The topological polar surface area (TPSA) is 41.5 Å². The minimum absolute atomic E-state index is 0.298. The number of hydrogen-bond acceptors (Lipinski definition) is 2. The number of carbonyl (C=O) groups is 1. The lowest BCUT2D eigenvalue weighted by molar-refractivity contribution is 0.0955. The van der Waals surface area contributed by atoms with E-state index in [0.717, 1.165) is 5.56 Å². The number of nitrogens with one attached hydrogen (secondary N) is 1. The normalized spacial score (nSPS) is 11.2. The van der Waals surface area contributed by atoms with Gasteiger partial charge in [-0.05, 0) is 37.3 Å². The predicted octanol–water partition coefficient (Wildman–Crippen LogP) is 4.15. The molecule has 0 fully saturated rings. The molecule has 0 saturated carbocycles. The Morgan fingerprint density at radius 3 is 2.35 bits per heavy atom. The molecule has 0 unspecified atom stereocenters. The Hall–Kier alpha value is -1.84. The molecule has 0 aliphatic carbocycles. The predicted molar refractivity (Wildman–Crippen MR) is 82.6 cm³/mol. The summed E-state index contributed by atoms with van der Waals surface area (Å²) in [4.78, 5) is 11.9. The van der Waals surface area contributed by atoms with E-state index in [1.165, 1.54) is 0 Å². The van der Waals surface area contributed by atoms with Gasteiger partial charge in [-0.3, -0.25) is 4.79 Å². The lowest BCUT2D eigenvalue weighted by Gasteiger charge is -2.04. The zero-order chi connectivity index (χ0) is 14.5. The van der Waals surface area contributed by atoms with Gasteiger partial charge in [0.05, 0.1) is 5.71 Å². The van der Waals surface area contributed by atoms with Gasteiger partial charge < -0.3 is 0 Å². The van der Waals surface area contributed by atoms with E-state index in [1.807, 2.05) is 18.2 Å². The summed E-state index contributed by atoms with van der Waals surface area (Å²) < 4.78 is 0. The Labute approximate surface area is 127 Å². The van der Waals surface area contributed by atoms with Crippen LogP contribution < -0.4 is 5.43 Å². The molecule has 0 heterocycles. The van der Waals surface area contributed by atoms with E-state index in [2.05, 4.69) is 10.5 Å². The number of halogens is 2. The van der Waals surface area contributed by atoms with Gasteiger partial charge in [-0.15, -0.1) is 0 Å². The molecule has 0 aliphatic heterocycles. The molecule has 0 bridgehead atoms. The number of carbonyl (C=O) groups excluding carboxylic acids is 1. The maximum atomic E-state index is 11.9. The average Bonchev–Trinajstić information content (AvgIpc) is 2.45. The largest absolute Gasteiger partial charge is 0.271 e. The number of benzene rings is 2. The third-order valence-electron chi connectivity index (χ3n) is 2.70. The molecule has 102 valence electrons. The minimum atomic E-state index is -0.298. The summed E-state index contributed by atoms with van der Waals surface area (Å²) in [6, 6.07) is 13.9. The number of hydrogen-bond donors (Lipinski definition) is 1. The van der Waals surface area contributed by atoms with Crippen LogP contribution in [0.5, 0.6) is 0 Å². The first-order valence-electron chi connectivity index (χ1n) is 5.93. The zero-order valence-electron chi connectivity index (χ0n) is 10.7. The van der Waals surface area contributed by atoms with Gasteiger partial charge in [-0.1, -0.05) is 41.4 Å². The van der Waals surface area contributed by atoms with E-state index in [9.17, 15) is 4.79 Å². The Bertz CT molecular complexity index is 651. The maximum absolute atomic E-state index is 11.9. The summed E-state index contributed by atoms with van der Waals surface area (Å²) in [7, 11) is 0. The third kappa shape index (κ3) is 3.59. The fourth-order valence-electron chi connectivity index (χ4n) is 1.62. The van der Waals surface area contributed by atoms with Gasteiger partial charge >= 0.3 is 0 Å². The second kappa shape index (κ2) is 6.55. The third-order valence-corrected chi connectivity index (χ3v) is 3.28.